The normalized spacial score (nSPS) is 26.7. The van der Waals surface area contributed by atoms with E-state index in [0.717, 1.165) is 51.4 Å². The number of alkyl carbamates (subject to hydrolysis) is 1. The zero-order valence-electron chi connectivity index (χ0n) is 17.2. The van der Waals surface area contributed by atoms with Gasteiger partial charge >= 0.3 is 6.09 Å². The van der Waals surface area contributed by atoms with Crippen LogP contribution in [-0.2, 0) is 17.6 Å². The number of rotatable bonds is 8. The molecule has 0 spiro atoms. The summed E-state index contributed by atoms with van der Waals surface area (Å²) in [6.45, 7) is 2.94. The van der Waals surface area contributed by atoms with Crippen molar-refractivity contribution in [1.82, 2.24) is 5.32 Å². The predicted octanol–water partition coefficient (Wildman–Crippen LogP) is 3.81. The number of hydrogen-bond acceptors (Lipinski definition) is 4. The number of unbranched alkanes of at least 4 members (excludes halogenated alkanes) is 3. The molecule has 5 heteroatoms. The average Bonchev–Trinajstić information content (AvgIpc) is 3.10. The van der Waals surface area contributed by atoms with Gasteiger partial charge < -0.3 is 20.9 Å². The van der Waals surface area contributed by atoms with Crippen LogP contribution in [0, 0.1) is 0 Å². The highest BCUT2D eigenvalue weighted by Crippen LogP contribution is 2.40. The van der Waals surface area contributed by atoms with Crippen molar-refractivity contribution in [2.75, 3.05) is 13.2 Å². The zero-order chi connectivity index (χ0) is 20.0. The highest BCUT2D eigenvalue weighted by Gasteiger charge is 2.36. The van der Waals surface area contributed by atoms with Gasteiger partial charge in [-0.15, -0.1) is 0 Å². The lowest BCUT2D eigenvalue weighted by atomic mass is 9.85. The second-order valence-electron chi connectivity index (χ2n) is 8.75. The van der Waals surface area contributed by atoms with Crippen LogP contribution in [0.5, 0.6) is 0 Å². The Morgan fingerprint density at radius 3 is 2.89 bits per heavy atom. The van der Waals surface area contributed by atoms with Gasteiger partial charge in [0.25, 0.3) is 0 Å². The first-order valence-corrected chi connectivity index (χ1v) is 11.0. The molecule has 0 heterocycles. The topological polar surface area (TPSA) is 84.6 Å². The maximum atomic E-state index is 12.0. The van der Waals surface area contributed by atoms with Gasteiger partial charge in [-0.05, 0) is 61.1 Å². The lowest BCUT2D eigenvalue weighted by Gasteiger charge is -2.26. The zero-order valence-corrected chi connectivity index (χ0v) is 17.2. The molecule has 2 aliphatic rings. The maximum absolute atomic E-state index is 12.0. The Kier molecular flexibility index (Phi) is 7.36. The minimum atomic E-state index is -0.413. The molecule has 0 aliphatic heterocycles. The van der Waals surface area contributed by atoms with Crippen molar-refractivity contribution in [3.8, 4) is 0 Å². The van der Waals surface area contributed by atoms with Crippen LogP contribution < -0.4 is 11.1 Å². The van der Waals surface area contributed by atoms with E-state index in [9.17, 15) is 9.90 Å². The van der Waals surface area contributed by atoms with E-state index in [-0.39, 0.29) is 18.8 Å². The summed E-state index contributed by atoms with van der Waals surface area (Å²) in [6.07, 6.45) is 9.65. The molecular formula is C23H36N2O3. The largest absolute Gasteiger partial charge is 0.446 e. The smallest absolute Gasteiger partial charge is 0.407 e. The highest BCUT2D eigenvalue weighted by molar-refractivity contribution is 5.67. The van der Waals surface area contributed by atoms with E-state index in [1.54, 1.807) is 0 Å². The number of fused-ring (bicyclic) bond motifs is 1. The molecule has 1 unspecified atom stereocenters. The molecule has 0 aromatic heterocycles. The number of nitrogens with one attached hydrogen (secondary N) is 1. The number of aryl methyl sites for hydroxylation is 1. The van der Waals surface area contributed by atoms with Crippen LogP contribution in [0.15, 0.2) is 18.2 Å². The van der Waals surface area contributed by atoms with E-state index in [1.165, 1.54) is 29.5 Å². The SMILES string of the molecule is CCCCCCNC(=O)OC1CCc2cc([C@H]3CC[C@@](N)(CO)C3)ccc2C1. The number of carbonyl (C=O) groups is 1. The van der Waals surface area contributed by atoms with Gasteiger partial charge in [0.15, 0.2) is 0 Å². The van der Waals surface area contributed by atoms with E-state index < -0.39 is 5.54 Å². The van der Waals surface area contributed by atoms with Crippen molar-refractivity contribution in [2.24, 2.45) is 5.73 Å². The van der Waals surface area contributed by atoms with Crippen molar-refractivity contribution in [3.63, 3.8) is 0 Å². The van der Waals surface area contributed by atoms with Crippen molar-refractivity contribution in [1.29, 1.82) is 0 Å². The molecule has 1 aromatic rings. The van der Waals surface area contributed by atoms with Gasteiger partial charge in [0.1, 0.15) is 6.10 Å². The van der Waals surface area contributed by atoms with Gasteiger partial charge in [0, 0.05) is 18.5 Å². The standard InChI is InChI=1S/C23H36N2O3/c1-2-3-4-5-12-25-22(27)28-21-9-8-17-13-18(6-7-19(17)14-21)20-10-11-23(24,15-20)16-26/h6-7,13,20-21,26H,2-5,8-12,14-16,24H2,1H3,(H,25,27)/t20-,21?,23-/m0/s1. The Morgan fingerprint density at radius 2 is 2.14 bits per heavy atom. The highest BCUT2D eigenvalue weighted by atomic mass is 16.6. The molecule has 3 atom stereocenters. The molecule has 28 heavy (non-hydrogen) atoms. The van der Waals surface area contributed by atoms with Crippen molar-refractivity contribution in [2.45, 2.75) is 88.7 Å². The van der Waals surface area contributed by atoms with Crippen LogP contribution in [0.4, 0.5) is 4.79 Å². The van der Waals surface area contributed by atoms with Gasteiger partial charge in [-0.1, -0.05) is 44.4 Å². The van der Waals surface area contributed by atoms with Gasteiger partial charge in [-0.25, -0.2) is 4.79 Å². The van der Waals surface area contributed by atoms with Crippen LogP contribution in [-0.4, -0.2) is 36.0 Å². The summed E-state index contributed by atoms with van der Waals surface area (Å²) in [6, 6.07) is 6.70. The number of aliphatic hydroxyl groups is 1. The number of benzene rings is 1. The van der Waals surface area contributed by atoms with Crippen LogP contribution in [0.3, 0.4) is 0 Å². The Morgan fingerprint density at radius 1 is 1.29 bits per heavy atom. The molecule has 1 saturated carbocycles. The number of amides is 1. The molecule has 0 bridgehead atoms. The first kappa shape index (κ1) is 21.1. The van der Waals surface area contributed by atoms with Crippen molar-refractivity contribution < 1.29 is 14.6 Å². The number of ether oxygens (including phenoxy) is 1. The van der Waals surface area contributed by atoms with E-state index in [4.69, 9.17) is 10.5 Å². The molecule has 2 aliphatic carbocycles. The lowest BCUT2D eigenvalue weighted by molar-refractivity contribution is 0.0895. The maximum Gasteiger partial charge on any atom is 0.407 e. The molecule has 0 saturated heterocycles. The Hall–Kier alpha value is -1.59. The Bertz CT molecular complexity index is 663. The molecule has 5 nitrogen and oxygen atoms in total. The monoisotopic (exact) mass is 388 g/mol. The lowest BCUT2D eigenvalue weighted by Crippen LogP contribution is -2.40. The summed E-state index contributed by atoms with van der Waals surface area (Å²) in [4.78, 5) is 12.0. The molecule has 1 amide bonds. The number of carbonyl (C=O) groups excluding carboxylic acids is 1. The average molecular weight is 389 g/mol. The molecule has 3 rings (SSSR count). The first-order chi connectivity index (χ1) is 13.5. The fraction of sp³-hybridized carbons (Fsp3) is 0.696. The molecular weight excluding hydrogens is 352 g/mol. The minimum Gasteiger partial charge on any atom is -0.446 e. The van der Waals surface area contributed by atoms with Crippen molar-refractivity contribution in [3.05, 3.63) is 34.9 Å². The van der Waals surface area contributed by atoms with Gasteiger partial charge in [-0.3, -0.25) is 0 Å². The fourth-order valence-electron chi connectivity index (χ4n) is 4.62. The predicted molar refractivity (Wildman–Crippen MR) is 111 cm³/mol. The fourth-order valence-corrected chi connectivity index (χ4v) is 4.62. The molecule has 1 aromatic carbocycles. The summed E-state index contributed by atoms with van der Waals surface area (Å²) in [5, 5.41) is 12.4. The summed E-state index contributed by atoms with van der Waals surface area (Å²) in [5.41, 5.74) is 9.82. The van der Waals surface area contributed by atoms with Crippen LogP contribution in [0.2, 0.25) is 0 Å². The Labute approximate surface area is 169 Å². The molecule has 4 N–H and O–H groups in total. The number of aliphatic hydroxyl groups excluding tert-OH is 1. The van der Waals surface area contributed by atoms with Gasteiger partial charge in [0.05, 0.1) is 6.61 Å². The second kappa shape index (κ2) is 9.75. The van der Waals surface area contributed by atoms with Crippen LogP contribution in [0.25, 0.3) is 0 Å². The quantitative estimate of drug-likeness (QED) is 0.591. The summed E-state index contributed by atoms with van der Waals surface area (Å²) in [7, 11) is 0. The summed E-state index contributed by atoms with van der Waals surface area (Å²) in [5.74, 6) is 0.440. The Balaban J connectivity index is 1.49. The molecule has 156 valence electrons. The summed E-state index contributed by atoms with van der Waals surface area (Å²) >= 11 is 0. The number of nitrogens with two attached hydrogens (primary N) is 1. The third-order valence-corrected chi connectivity index (χ3v) is 6.42. The van der Waals surface area contributed by atoms with E-state index in [0.29, 0.717) is 12.5 Å². The van der Waals surface area contributed by atoms with Crippen LogP contribution in [0.1, 0.15) is 80.9 Å². The third kappa shape index (κ3) is 5.48. The summed E-state index contributed by atoms with van der Waals surface area (Å²) < 4.78 is 5.63. The van der Waals surface area contributed by atoms with Gasteiger partial charge in [0.2, 0.25) is 0 Å². The second-order valence-corrected chi connectivity index (χ2v) is 8.75. The van der Waals surface area contributed by atoms with E-state index in [2.05, 4.69) is 30.4 Å². The molecule has 0 radical (unpaired) electrons. The van der Waals surface area contributed by atoms with Gasteiger partial charge in [-0.2, -0.15) is 0 Å². The van der Waals surface area contributed by atoms with E-state index in [1.807, 2.05) is 0 Å². The molecule has 1 fully saturated rings. The first-order valence-electron chi connectivity index (χ1n) is 11.0. The minimum absolute atomic E-state index is 0.0356. The van der Waals surface area contributed by atoms with Crippen LogP contribution >= 0.6 is 0 Å². The third-order valence-electron chi connectivity index (χ3n) is 6.42. The number of hydrogen-bond donors (Lipinski definition) is 3. The van der Waals surface area contributed by atoms with Crippen molar-refractivity contribution >= 4 is 6.09 Å². The van der Waals surface area contributed by atoms with E-state index >= 15 is 0 Å².